The van der Waals surface area contributed by atoms with E-state index in [0.717, 1.165) is 0 Å². The van der Waals surface area contributed by atoms with Crippen molar-refractivity contribution in [3.8, 4) is 6.07 Å². The van der Waals surface area contributed by atoms with Crippen molar-refractivity contribution in [3.05, 3.63) is 33.8 Å². The number of carbonyl (C=O) groups is 1. The molecule has 1 aromatic carbocycles. The molecule has 6 heteroatoms. The SMILES string of the molecule is N#CC(NC(N)=O)c1ccc(Cl)c(Cl)c1. The average molecular weight is 244 g/mol. The number of hydrogen-bond acceptors (Lipinski definition) is 2. The maximum Gasteiger partial charge on any atom is 0.313 e. The molecule has 4 nitrogen and oxygen atoms in total. The Hall–Kier alpha value is -1.44. The summed E-state index contributed by atoms with van der Waals surface area (Å²) >= 11 is 11.5. The first-order valence-corrected chi connectivity index (χ1v) is 4.70. The second kappa shape index (κ2) is 4.87. The number of urea groups is 1. The van der Waals surface area contributed by atoms with Gasteiger partial charge in [0, 0.05) is 0 Å². The molecule has 78 valence electrons. The van der Waals surface area contributed by atoms with Crippen molar-refractivity contribution in [2.24, 2.45) is 5.73 Å². The number of nitrogens with zero attached hydrogens (tertiary/aromatic N) is 1. The lowest BCUT2D eigenvalue weighted by atomic mass is 10.1. The highest BCUT2D eigenvalue weighted by atomic mass is 35.5. The van der Waals surface area contributed by atoms with Crippen molar-refractivity contribution in [1.82, 2.24) is 5.32 Å². The van der Waals surface area contributed by atoms with E-state index in [1.165, 1.54) is 6.07 Å². The molecule has 0 fully saturated rings. The van der Waals surface area contributed by atoms with Gasteiger partial charge >= 0.3 is 6.03 Å². The molecule has 0 aliphatic rings. The molecule has 15 heavy (non-hydrogen) atoms. The fraction of sp³-hybridized carbons (Fsp3) is 0.111. The lowest BCUT2D eigenvalue weighted by Gasteiger charge is -2.10. The Morgan fingerprint density at radius 1 is 1.47 bits per heavy atom. The van der Waals surface area contributed by atoms with E-state index < -0.39 is 12.1 Å². The molecular weight excluding hydrogens is 237 g/mol. The van der Waals surface area contributed by atoms with Crippen LogP contribution in [0.3, 0.4) is 0 Å². The quantitative estimate of drug-likeness (QED) is 0.836. The van der Waals surface area contributed by atoms with Crippen LogP contribution in [0.2, 0.25) is 10.0 Å². The third-order valence-corrected chi connectivity index (χ3v) is 2.43. The molecule has 1 aromatic rings. The van der Waals surface area contributed by atoms with Gasteiger partial charge in [0.15, 0.2) is 0 Å². The van der Waals surface area contributed by atoms with E-state index in [1.54, 1.807) is 12.1 Å². The minimum atomic E-state index is -0.822. The lowest BCUT2D eigenvalue weighted by Crippen LogP contribution is -2.32. The summed E-state index contributed by atoms with van der Waals surface area (Å²) in [6.45, 7) is 0. The van der Waals surface area contributed by atoms with Gasteiger partial charge in [0.1, 0.15) is 6.04 Å². The minimum absolute atomic E-state index is 0.320. The Kier molecular flexibility index (Phi) is 3.78. The second-order valence-electron chi connectivity index (χ2n) is 2.74. The molecule has 0 aromatic heterocycles. The predicted octanol–water partition coefficient (Wildman–Crippen LogP) is 2.23. The van der Waals surface area contributed by atoms with Gasteiger partial charge < -0.3 is 11.1 Å². The van der Waals surface area contributed by atoms with Crippen LogP contribution >= 0.6 is 23.2 Å². The molecular formula is C9H7Cl2N3O. The monoisotopic (exact) mass is 243 g/mol. The van der Waals surface area contributed by atoms with Gasteiger partial charge in [-0.05, 0) is 17.7 Å². The highest BCUT2D eigenvalue weighted by molar-refractivity contribution is 6.42. The third-order valence-electron chi connectivity index (χ3n) is 1.69. The summed E-state index contributed by atoms with van der Waals surface area (Å²) in [5.74, 6) is 0. The molecule has 0 heterocycles. The Morgan fingerprint density at radius 2 is 2.13 bits per heavy atom. The first kappa shape index (κ1) is 11.6. The number of nitrogens with two attached hydrogens (primary N) is 1. The van der Waals surface area contributed by atoms with Crippen molar-refractivity contribution in [3.63, 3.8) is 0 Å². The number of nitrogens with one attached hydrogen (secondary N) is 1. The standard InChI is InChI=1S/C9H7Cl2N3O/c10-6-2-1-5(3-7(6)11)8(4-12)14-9(13)15/h1-3,8H,(H3,13,14,15). The van der Waals surface area contributed by atoms with E-state index >= 15 is 0 Å². The number of nitriles is 1. The van der Waals surface area contributed by atoms with Crippen LogP contribution in [-0.4, -0.2) is 6.03 Å². The number of hydrogen-bond donors (Lipinski definition) is 2. The van der Waals surface area contributed by atoms with Gasteiger partial charge in [-0.1, -0.05) is 29.3 Å². The summed E-state index contributed by atoms with van der Waals surface area (Å²) < 4.78 is 0. The van der Waals surface area contributed by atoms with Gasteiger partial charge in [-0.2, -0.15) is 5.26 Å². The van der Waals surface area contributed by atoms with E-state index in [2.05, 4.69) is 5.32 Å². The Balaban J connectivity index is 2.98. The van der Waals surface area contributed by atoms with Gasteiger partial charge in [-0.3, -0.25) is 0 Å². The molecule has 0 saturated carbocycles. The van der Waals surface area contributed by atoms with E-state index in [0.29, 0.717) is 15.6 Å². The van der Waals surface area contributed by atoms with Crippen molar-refractivity contribution >= 4 is 29.2 Å². The van der Waals surface area contributed by atoms with Gasteiger partial charge in [-0.15, -0.1) is 0 Å². The zero-order valence-electron chi connectivity index (χ0n) is 7.50. The average Bonchev–Trinajstić information content (AvgIpc) is 2.18. The summed E-state index contributed by atoms with van der Waals surface area (Å²) in [5.41, 5.74) is 5.45. The molecule has 1 atom stereocenters. The van der Waals surface area contributed by atoms with Crippen LogP contribution in [0.15, 0.2) is 18.2 Å². The van der Waals surface area contributed by atoms with Gasteiger partial charge in [0.25, 0.3) is 0 Å². The van der Waals surface area contributed by atoms with Crippen molar-refractivity contribution < 1.29 is 4.79 Å². The number of halogens is 2. The Morgan fingerprint density at radius 3 is 2.60 bits per heavy atom. The lowest BCUT2D eigenvalue weighted by molar-refractivity contribution is 0.247. The third kappa shape index (κ3) is 3.01. The molecule has 0 radical (unpaired) electrons. The number of primary amides is 1. The van der Waals surface area contributed by atoms with E-state index in [-0.39, 0.29) is 0 Å². The smallest absolute Gasteiger partial charge is 0.313 e. The molecule has 0 aliphatic carbocycles. The summed E-state index contributed by atoms with van der Waals surface area (Å²) in [4.78, 5) is 10.6. The predicted molar refractivity (Wildman–Crippen MR) is 57.5 cm³/mol. The minimum Gasteiger partial charge on any atom is -0.352 e. The van der Waals surface area contributed by atoms with Crippen LogP contribution < -0.4 is 11.1 Å². The van der Waals surface area contributed by atoms with Crippen LogP contribution in [0.4, 0.5) is 4.79 Å². The topological polar surface area (TPSA) is 78.9 Å². The molecule has 0 aliphatic heterocycles. The normalized spacial score (nSPS) is 11.5. The number of benzene rings is 1. The van der Waals surface area contributed by atoms with Crippen LogP contribution in [0.1, 0.15) is 11.6 Å². The molecule has 1 rings (SSSR count). The zero-order valence-corrected chi connectivity index (χ0v) is 9.01. The number of carbonyl (C=O) groups excluding carboxylic acids is 1. The van der Waals surface area contributed by atoms with Crippen molar-refractivity contribution in [2.45, 2.75) is 6.04 Å². The largest absolute Gasteiger partial charge is 0.352 e. The maximum atomic E-state index is 10.6. The van der Waals surface area contributed by atoms with E-state index in [9.17, 15) is 4.79 Å². The van der Waals surface area contributed by atoms with Gasteiger partial charge in [-0.25, -0.2) is 4.79 Å². The van der Waals surface area contributed by atoms with Crippen molar-refractivity contribution in [1.29, 1.82) is 5.26 Å². The van der Waals surface area contributed by atoms with Crippen LogP contribution in [-0.2, 0) is 0 Å². The van der Waals surface area contributed by atoms with Crippen LogP contribution in [0.5, 0.6) is 0 Å². The number of rotatable bonds is 2. The van der Waals surface area contributed by atoms with Crippen LogP contribution in [0.25, 0.3) is 0 Å². The van der Waals surface area contributed by atoms with Gasteiger partial charge in [0.05, 0.1) is 16.1 Å². The first-order valence-electron chi connectivity index (χ1n) is 3.95. The Bertz CT molecular complexity index is 428. The summed E-state index contributed by atoms with van der Waals surface area (Å²) in [6, 6.07) is 4.94. The number of amides is 2. The second-order valence-corrected chi connectivity index (χ2v) is 3.56. The van der Waals surface area contributed by atoms with E-state index in [4.69, 9.17) is 34.2 Å². The summed E-state index contributed by atoms with van der Waals surface area (Å²) in [5, 5.41) is 11.8. The summed E-state index contributed by atoms with van der Waals surface area (Å²) in [7, 11) is 0. The highest BCUT2D eigenvalue weighted by Crippen LogP contribution is 2.25. The molecule has 2 amide bonds. The fourth-order valence-electron chi connectivity index (χ4n) is 1.02. The first-order chi connectivity index (χ1) is 7.04. The molecule has 3 N–H and O–H groups in total. The van der Waals surface area contributed by atoms with E-state index in [1.807, 2.05) is 6.07 Å². The zero-order chi connectivity index (χ0) is 11.4. The van der Waals surface area contributed by atoms with Crippen molar-refractivity contribution in [2.75, 3.05) is 0 Å². The molecule has 0 bridgehead atoms. The highest BCUT2D eigenvalue weighted by Gasteiger charge is 2.12. The van der Waals surface area contributed by atoms with Gasteiger partial charge in [0.2, 0.25) is 0 Å². The maximum absolute atomic E-state index is 10.6. The summed E-state index contributed by atoms with van der Waals surface area (Å²) in [6.07, 6.45) is 0. The molecule has 1 unspecified atom stereocenters. The Labute approximate surface area is 96.6 Å². The van der Waals surface area contributed by atoms with Crippen LogP contribution in [0, 0.1) is 11.3 Å². The fourth-order valence-corrected chi connectivity index (χ4v) is 1.33. The molecule has 0 spiro atoms. The molecule has 0 saturated heterocycles.